The maximum absolute atomic E-state index is 10.0. The average molecular weight is 206 g/mol. The fourth-order valence-electron chi connectivity index (χ4n) is 0.197. The Morgan fingerprint density at radius 1 is 1.86 bits per heavy atom. The van der Waals surface area contributed by atoms with E-state index in [4.69, 9.17) is 0 Å². The van der Waals surface area contributed by atoms with E-state index in [0.29, 0.717) is 0 Å². The zero-order valence-electron chi connectivity index (χ0n) is 5.70. The summed E-state index contributed by atoms with van der Waals surface area (Å²) in [7, 11) is 0. The monoisotopic (exact) mass is 206 g/mol. The summed E-state index contributed by atoms with van der Waals surface area (Å²) in [6.45, 7) is 2.00. The van der Waals surface area contributed by atoms with Crippen molar-refractivity contribution in [2.45, 2.75) is 19.8 Å². The molecule has 0 aromatic carbocycles. The van der Waals surface area contributed by atoms with Crippen LogP contribution in [0.1, 0.15) is 21.2 Å². The van der Waals surface area contributed by atoms with Gasteiger partial charge in [0.05, 0.1) is 0 Å². The van der Waals surface area contributed by atoms with Gasteiger partial charge in [-0.05, 0) is 29.0 Å². The van der Waals surface area contributed by atoms with Gasteiger partial charge in [-0.2, -0.15) is 0 Å². The third-order valence-corrected chi connectivity index (χ3v) is 0.986. The summed E-state index contributed by atoms with van der Waals surface area (Å²) in [5.74, 6) is 0. The van der Waals surface area contributed by atoms with Gasteiger partial charge in [-0.15, -0.1) is 0 Å². The third-order valence-electron chi connectivity index (χ3n) is 0.447. The topological polar surface area (TPSA) is 17.1 Å². The zero-order chi connectivity index (χ0) is 4.99. The van der Waals surface area contributed by atoms with Crippen LogP contribution in [0, 0.1) is 0 Å². The van der Waals surface area contributed by atoms with E-state index < -0.39 is 0 Å². The second-order valence-electron chi connectivity index (χ2n) is 1.11. The average Bonchev–Trinajstić information content (AvgIpc) is 1.35. The molecule has 0 aromatic rings. The molecule has 0 heterocycles. The molecular weight excluding hydrogens is 198 g/mol. The van der Waals surface area contributed by atoms with E-state index >= 15 is 0 Å². The molecule has 7 heavy (non-hydrogen) atoms. The van der Waals surface area contributed by atoms with Gasteiger partial charge in [-0.25, -0.2) is 0 Å². The van der Waals surface area contributed by atoms with Gasteiger partial charge < -0.3 is 1.43 Å². The Morgan fingerprint density at radius 2 is 2.29 bits per heavy atom. The molecule has 0 saturated heterocycles. The van der Waals surface area contributed by atoms with E-state index in [9.17, 15) is 4.79 Å². The molecule has 0 rings (SSSR count). The van der Waals surface area contributed by atoms with E-state index in [1.165, 1.54) is 0 Å². The van der Waals surface area contributed by atoms with Crippen molar-refractivity contribution in [1.29, 1.82) is 0 Å². The van der Waals surface area contributed by atoms with Crippen molar-refractivity contribution in [2.75, 3.05) is 0 Å². The normalized spacial score (nSPS) is 7.14. The summed E-state index contributed by atoms with van der Waals surface area (Å²) >= 11 is 1.80. The number of halogens is 1. The summed E-state index contributed by atoms with van der Waals surface area (Å²) in [5, 5.41) is 0. The van der Waals surface area contributed by atoms with Gasteiger partial charge in [0.1, 0.15) is 0 Å². The second-order valence-corrected chi connectivity index (χ2v) is 2.31. The minimum atomic E-state index is 0. The first-order chi connectivity index (χ1) is 2.77. The smallest absolute Gasteiger partial charge is 1.00 e. The predicted molar refractivity (Wildman–Crippen MR) is 35.0 cm³/mol. The van der Waals surface area contributed by atoms with Crippen molar-refractivity contribution in [1.82, 2.24) is 0 Å². The maximum Gasteiger partial charge on any atom is 1.00 e. The number of carbonyl (C=O) groups excluding carboxylic acids is 1. The quantitative estimate of drug-likeness (QED) is 0.317. The van der Waals surface area contributed by atoms with Crippen molar-refractivity contribution in [3.8, 4) is 0 Å². The number of hydrogen-bond acceptors (Lipinski definition) is 1. The van der Waals surface area contributed by atoms with E-state index in [2.05, 4.69) is 0 Å². The first kappa shape index (κ1) is 10.9. The zero-order valence-corrected chi connectivity index (χ0v) is 6.86. The minimum Gasteiger partial charge on any atom is -1.00 e. The minimum absolute atomic E-state index is 0. The molecular formula is C4H8ILiO. The van der Waals surface area contributed by atoms with Crippen LogP contribution in [0.15, 0.2) is 0 Å². The second kappa shape index (κ2) is 7.00. The Balaban J connectivity index is -0.000000125. The molecule has 0 atom stereocenters. The van der Waals surface area contributed by atoms with Crippen LogP contribution in [0.5, 0.6) is 0 Å². The van der Waals surface area contributed by atoms with Gasteiger partial charge in [-0.3, -0.25) is 4.79 Å². The molecule has 0 unspecified atom stereocenters. The molecule has 0 aromatic heterocycles. The maximum atomic E-state index is 10.0. The first-order valence-corrected chi connectivity index (χ1v) is 3.03. The Labute approximate surface area is 71.0 Å². The molecule has 0 bridgehead atoms. The van der Waals surface area contributed by atoms with Crippen molar-refractivity contribution >= 4 is 26.4 Å². The first-order valence-electron chi connectivity index (χ1n) is 1.95. The van der Waals surface area contributed by atoms with Crippen LogP contribution < -0.4 is 18.9 Å². The van der Waals surface area contributed by atoms with E-state index in [0.717, 1.165) is 12.8 Å². The van der Waals surface area contributed by atoms with E-state index in [-0.39, 0.29) is 24.1 Å². The molecule has 0 spiro atoms. The molecule has 0 aliphatic heterocycles. The predicted octanol–water partition coefficient (Wildman–Crippen LogP) is -1.14. The molecule has 0 N–H and O–H groups in total. The van der Waals surface area contributed by atoms with Crippen LogP contribution in [0.3, 0.4) is 0 Å². The van der Waals surface area contributed by atoms with Crippen LogP contribution >= 0.6 is 22.6 Å². The van der Waals surface area contributed by atoms with Crippen LogP contribution in [0.25, 0.3) is 0 Å². The van der Waals surface area contributed by atoms with Gasteiger partial charge in [0.25, 0.3) is 0 Å². The van der Waals surface area contributed by atoms with Crippen LogP contribution in [0.4, 0.5) is 0 Å². The van der Waals surface area contributed by atoms with Gasteiger partial charge in [-0.1, -0.05) is 6.92 Å². The Bertz CT molecular complexity index is 60.0. The molecule has 0 aliphatic carbocycles. The molecule has 0 fully saturated rings. The summed E-state index contributed by atoms with van der Waals surface area (Å²) in [6, 6.07) is 0. The Kier molecular flexibility index (Phi) is 10.9. The van der Waals surface area contributed by atoms with Gasteiger partial charge >= 0.3 is 18.9 Å². The molecule has 3 heteroatoms. The molecule has 38 valence electrons. The number of rotatable bonds is 2. The molecule has 0 radical (unpaired) electrons. The Morgan fingerprint density at radius 3 is 2.29 bits per heavy atom. The van der Waals surface area contributed by atoms with Crippen LogP contribution in [0.2, 0.25) is 0 Å². The largest absolute Gasteiger partial charge is 1.00 e. The van der Waals surface area contributed by atoms with Crippen molar-refractivity contribution in [2.24, 2.45) is 0 Å². The number of carbonyl (C=O) groups is 1. The van der Waals surface area contributed by atoms with Gasteiger partial charge in [0.2, 0.25) is 0 Å². The van der Waals surface area contributed by atoms with Crippen molar-refractivity contribution in [3.05, 3.63) is 0 Å². The van der Waals surface area contributed by atoms with Crippen LogP contribution in [-0.4, -0.2) is 3.79 Å². The van der Waals surface area contributed by atoms with E-state index in [1.54, 1.807) is 22.6 Å². The van der Waals surface area contributed by atoms with E-state index in [1.807, 2.05) is 6.92 Å². The molecule has 0 amide bonds. The fourth-order valence-corrected chi connectivity index (χ4v) is 0.736. The SMILES string of the molecule is CCCC(=O)I.[H-].[Li+]. The fraction of sp³-hybridized carbons (Fsp3) is 0.750. The van der Waals surface area contributed by atoms with Gasteiger partial charge in [0.15, 0.2) is 3.79 Å². The summed E-state index contributed by atoms with van der Waals surface area (Å²) in [6.07, 6.45) is 1.70. The van der Waals surface area contributed by atoms with Crippen molar-refractivity contribution in [3.63, 3.8) is 0 Å². The summed E-state index contributed by atoms with van der Waals surface area (Å²) in [4.78, 5) is 10.0. The van der Waals surface area contributed by atoms with Crippen molar-refractivity contribution < 1.29 is 25.1 Å². The molecule has 0 aliphatic rings. The van der Waals surface area contributed by atoms with Crippen LogP contribution in [-0.2, 0) is 4.79 Å². The third kappa shape index (κ3) is 10.9. The molecule has 0 saturated carbocycles. The van der Waals surface area contributed by atoms with Gasteiger partial charge in [0, 0.05) is 6.42 Å². The standard InChI is InChI=1S/C4H7IO.Li.H/c1-2-3-4(5)6;;/h2-3H2,1H3;;/q;+1;-1. The summed E-state index contributed by atoms with van der Waals surface area (Å²) in [5.41, 5.74) is 0. The Hall–Kier alpha value is 0.997. The molecule has 1 nitrogen and oxygen atoms in total. The number of hydrogen-bond donors (Lipinski definition) is 0. The summed E-state index contributed by atoms with van der Waals surface area (Å²) < 4.78 is 0.259.